The fraction of sp³-hybridized carbons (Fsp3) is 0.227. The van der Waals surface area contributed by atoms with Gasteiger partial charge in [-0.05, 0) is 23.3 Å². The first-order chi connectivity index (χ1) is 14.7. The van der Waals surface area contributed by atoms with Crippen molar-refractivity contribution in [1.82, 2.24) is 5.32 Å². The zero-order chi connectivity index (χ0) is 21.2. The Hall–Kier alpha value is -3.62. The average Bonchev–Trinajstić information content (AvgIpc) is 3.15. The molecule has 1 saturated heterocycles. The minimum absolute atomic E-state index is 0.0978. The van der Waals surface area contributed by atoms with Crippen molar-refractivity contribution in [3.63, 3.8) is 0 Å². The third kappa shape index (κ3) is 5.69. The van der Waals surface area contributed by atoms with Crippen LogP contribution in [0.25, 0.3) is 0 Å². The van der Waals surface area contributed by atoms with Gasteiger partial charge in [0.2, 0.25) is 5.91 Å². The highest BCUT2D eigenvalue weighted by Gasteiger charge is 2.31. The van der Waals surface area contributed by atoms with Crippen molar-refractivity contribution in [2.45, 2.75) is 18.1 Å². The first-order valence-electron chi connectivity index (χ1n) is 9.43. The number of hydrogen-bond donors (Lipinski definition) is 1. The lowest BCUT2D eigenvalue weighted by molar-refractivity contribution is -0.118. The number of benzene rings is 2. The van der Waals surface area contributed by atoms with E-state index in [4.69, 9.17) is 10.5 Å². The predicted molar refractivity (Wildman–Crippen MR) is 119 cm³/mol. The van der Waals surface area contributed by atoms with Crippen molar-refractivity contribution in [2.75, 3.05) is 18.0 Å². The molecule has 0 bridgehead atoms. The molecule has 150 valence electrons. The number of nitrogens with one attached hydrogen (secondary N) is 1. The van der Waals surface area contributed by atoms with E-state index in [1.165, 1.54) is 11.8 Å². The summed E-state index contributed by atoms with van der Waals surface area (Å²) in [5, 5.41) is 28.8. The molecule has 1 amide bonds. The smallest absolute Gasteiger partial charge is 0.244 e. The summed E-state index contributed by atoms with van der Waals surface area (Å²) >= 11 is 1.34. The Morgan fingerprint density at radius 3 is 2.33 bits per heavy atom. The number of nitriles is 2. The van der Waals surface area contributed by atoms with Crippen molar-refractivity contribution >= 4 is 34.7 Å². The number of anilines is 1. The van der Waals surface area contributed by atoms with Gasteiger partial charge in [-0.25, -0.2) is 0 Å². The van der Waals surface area contributed by atoms with Gasteiger partial charge in [-0.1, -0.05) is 54.2 Å². The van der Waals surface area contributed by atoms with Crippen molar-refractivity contribution in [3.05, 3.63) is 65.7 Å². The van der Waals surface area contributed by atoms with Crippen LogP contribution >= 0.6 is 11.8 Å². The molecule has 1 aliphatic rings. The van der Waals surface area contributed by atoms with Crippen molar-refractivity contribution in [1.29, 1.82) is 10.5 Å². The summed E-state index contributed by atoms with van der Waals surface area (Å²) in [7, 11) is 0. The van der Waals surface area contributed by atoms with E-state index in [0.717, 1.165) is 16.8 Å². The van der Waals surface area contributed by atoms with Crippen LogP contribution in [-0.2, 0) is 4.79 Å². The molecule has 1 fully saturated rings. The summed E-state index contributed by atoms with van der Waals surface area (Å²) in [5.74, 6) is -0.0978. The quantitative estimate of drug-likeness (QED) is 0.523. The number of rotatable bonds is 8. The molecule has 1 aliphatic heterocycles. The molecule has 7 nitrogen and oxygen atoms in total. The van der Waals surface area contributed by atoms with Crippen LogP contribution in [0.1, 0.15) is 29.2 Å². The van der Waals surface area contributed by atoms with E-state index in [1.807, 2.05) is 59.5 Å². The van der Waals surface area contributed by atoms with Gasteiger partial charge in [-0.2, -0.15) is 15.6 Å². The summed E-state index contributed by atoms with van der Waals surface area (Å²) in [6, 6.07) is 21.5. The fourth-order valence-electron chi connectivity index (χ4n) is 2.92. The molecule has 1 unspecified atom stereocenters. The minimum Gasteiger partial charge on any atom is -0.369 e. The molecular formula is C22H20N6OS. The second-order valence-corrected chi connectivity index (χ2v) is 7.54. The molecule has 0 aromatic heterocycles. The summed E-state index contributed by atoms with van der Waals surface area (Å²) in [5.41, 5.74) is 2.74. The highest BCUT2D eigenvalue weighted by molar-refractivity contribution is 8.15. The number of amides is 1. The maximum absolute atomic E-state index is 12.2. The largest absolute Gasteiger partial charge is 0.369 e. The lowest BCUT2D eigenvalue weighted by Gasteiger charge is -2.22. The van der Waals surface area contributed by atoms with Crippen LogP contribution in [0.5, 0.6) is 0 Å². The highest BCUT2D eigenvalue weighted by atomic mass is 32.2. The molecule has 2 aromatic rings. The Bertz CT molecular complexity index is 987. The molecule has 0 saturated carbocycles. The Kier molecular flexibility index (Phi) is 7.59. The van der Waals surface area contributed by atoms with Gasteiger partial charge >= 0.3 is 0 Å². The summed E-state index contributed by atoms with van der Waals surface area (Å²) in [6.07, 6.45) is 2.42. The van der Waals surface area contributed by atoms with Crippen molar-refractivity contribution < 1.29 is 4.79 Å². The van der Waals surface area contributed by atoms with Gasteiger partial charge in [-0.15, -0.1) is 5.10 Å². The van der Waals surface area contributed by atoms with Gasteiger partial charge < -0.3 is 10.2 Å². The second kappa shape index (κ2) is 10.8. The third-order valence-electron chi connectivity index (χ3n) is 4.40. The van der Waals surface area contributed by atoms with Crippen molar-refractivity contribution in [2.24, 2.45) is 10.2 Å². The van der Waals surface area contributed by atoms with E-state index in [1.54, 1.807) is 6.21 Å². The molecule has 1 atom stereocenters. The van der Waals surface area contributed by atoms with Crippen LogP contribution in [0.4, 0.5) is 5.69 Å². The van der Waals surface area contributed by atoms with Crippen molar-refractivity contribution in [3.8, 4) is 12.1 Å². The van der Waals surface area contributed by atoms with Gasteiger partial charge in [0.15, 0.2) is 5.17 Å². The van der Waals surface area contributed by atoms with Gasteiger partial charge in [0.1, 0.15) is 5.25 Å². The zero-order valence-electron chi connectivity index (χ0n) is 16.2. The van der Waals surface area contributed by atoms with E-state index >= 15 is 0 Å². The number of carbonyl (C=O) groups is 1. The predicted octanol–water partition coefficient (Wildman–Crippen LogP) is 3.61. The molecule has 1 heterocycles. The second-order valence-electron chi connectivity index (χ2n) is 6.44. The average molecular weight is 417 g/mol. The maximum atomic E-state index is 12.2. The van der Waals surface area contributed by atoms with E-state index in [2.05, 4.69) is 27.7 Å². The van der Waals surface area contributed by atoms with E-state index in [-0.39, 0.29) is 11.2 Å². The molecule has 0 spiro atoms. The van der Waals surface area contributed by atoms with Crippen LogP contribution in [0, 0.1) is 22.7 Å². The van der Waals surface area contributed by atoms with Crippen LogP contribution in [0.3, 0.4) is 0 Å². The third-order valence-corrected chi connectivity index (χ3v) is 5.53. The van der Waals surface area contributed by atoms with Crippen LogP contribution < -0.4 is 10.2 Å². The molecule has 8 heteroatoms. The lowest BCUT2D eigenvalue weighted by atomic mass is 10.1. The Morgan fingerprint density at radius 2 is 1.70 bits per heavy atom. The summed E-state index contributed by atoms with van der Waals surface area (Å²) in [4.78, 5) is 14.2. The van der Waals surface area contributed by atoms with Crippen LogP contribution in [0.2, 0.25) is 0 Å². The number of nitrogens with zero attached hydrogens (tertiary/aromatic N) is 5. The fourth-order valence-corrected chi connectivity index (χ4v) is 3.86. The topological polar surface area (TPSA) is 105 Å². The molecule has 0 radical (unpaired) electrons. The zero-order valence-corrected chi connectivity index (χ0v) is 17.0. The number of carbonyl (C=O) groups excluding carboxylic acids is 1. The highest BCUT2D eigenvalue weighted by Crippen LogP contribution is 2.34. The first-order valence-corrected chi connectivity index (χ1v) is 10.3. The minimum atomic E-state index is -0.313. The Morgan fingerprint density at radius 1 is 1.03 bits per heavy atom. The molecule has 2 aromatic carbocycles. The SMILES string of the molecule is N#CCCN(CCC#N)c1ccc(C=N/N=C2\NC(=O)C(c3ccccc3)S2)cc1. The lowest BCUT2D eigenvalue weighted by Crippen LogP contribution is -2.25. The Labute approximate surface area is 179 Å². The molecular weight excluding hydrogens is 396 g/mol. The van der Waals surface area contributed by atoms with Gasteiger partial charge in [0.25, 0.3) is 0 Å². The van der Waals surface area contributed by atoms with E-state index in [0.29, 0.717) is 31.1 Å². The molecule has 3 rings (SSSR count). The number of thioether (sulfide) groups is 1. The summed E-state index contributed by atoms with van der Waals surface area (Å²) < 4.78 is 0. The van der Waals surface area contributed by atoms with E-state index < -0.39 is 0 Å². The Balaban J connectivity index is 1.62. The first kappa shape index (κ1) is 21.1. The maximum Gasteiger partial charge on any atom is 0.244 e. The summed E-state index contributed by atoms with van der Waals surface area (Å²) in [6.45, 7) is 1.16. The normalized spacial score (nSPS) is 16.9. The van der Waals surface area contributed by atoms with E-state index in [9.17, 15) is 4.79 Å². The molecule has 0 aliphatic carbocycles. The number of hydrogen-bond acceptors (Lipinski definition) is 7. The van der Waals surface area contributed by atoms with Gasteiger partial charge in [0.05, 0.1) is 31.2 Å². The van der Waals surface area contributed by atoms with Gasteiger partial charge in [0, 0.05) is 18.8 Å². The van der Waals surface area contributed by atoms with Crippen LogP contribution in [-0.4, -0.2) is 30.4 Å². The monoisotopic (exact) mass is 416 g/mol. The van der Waals surface area contributed by atoms with Crippen LogP contribution in [0.15, 0.2) is 64.8 Å². The molecule has 1 N–H and O–H groups in total. The van der Waals surface area contributed by atoms with Gasteiger partial charge in [-0.3, -0.25) is 4.79 Å². The number of amidine groups is 1. The molecule has 30 heavy (non-hydrogen) atoms. The standard InChI is InChI=1S/C22H20N6OS/c23-12-4-14-28(15-5-13-24)19-10-8-17(9-11-19)16-25-27-22-26-21(29)20(30-22)18-6-2-1-3-7-18/h1-3,6-11,16,20H,4-5,14-15H2,(H,26,27,29).